The van der Waals surface area contributed by atoms with Gasteiger partial charge in [0.1, 0.15) is 5.15 Å². The second-order valence-electron chi connectivity index (χ2n) is 5.77. The molecular formula is C19H14Cl2N4OS. The molecule has 0 saturated carbocycles. The predicted octanol–water partition coefficient (Wildman–Crippen LogP) is 5.83. The minimum absolute atomic E-state index is 0.433. The minimum atomic E-state index is 0.433. The molecule has 136 valence electrons. The van der Waals surface area contributed by atoms with E-state index in [1.54, 1.807) is 16.8 Å². The Labute approximate surface area is 170 Å². The number of aryl methyl sites for hydroxylation is 1. The number of benzene rings is 2. The van der Waals surface area contributed by atoms with Crippen LogP contribution in [0.15, 0.2) is 64.2 Å². The molecule has 2 heterocycles. The highest BCUT2D eigenvalue weighted by atomic mass is 35.5. The zero-order valence-corrected chi connectivity index (χ0v) is 16.6. The average molecular weight is 417 g/mol. The molecule has 0 aliphatic heterocycles. The normalized spacial score (nSPS) is 11.1. The van der Waals surface area contributed by atoms with Crippen molar-refractivity contribution in [1.29, 1.82) is 0 Å². The van der Waals surface area contributed by atoms with Crippen molar-refractivity contribution >= 4 is 35.0 Å². The molecule has 4 rings (SSSR count). The van der Waals surface area contributed by atoms with E-state index in [1.165, 1.54) is 11.8 Å². The Hall–Kier alpha value is -2.28. The quantitative estimate of drug-likeness (QED) is 0.383. The molecule has 0 amide bonds. The van der Waals surface area contributed by atoms with Crippen LogP contribution in [0.4, 0.5) is 0 Å². The molecular weight excluding hydrogens is 403 g/mol. The standard InChI is InChI=1S/C19H14Cl2N4OS/c1-12-16(17(21)25(24-12)15-8-3-2-4-9-15)11-27-19-23-22-18(26-19)13-6-5-7-14(20)10-13/h2-10H,11H2,1H3. The Balaban J connectivity index is 1.52. The highest BCUT2D eigenvalue weighted by Crippen LogP contribution is 2.31. The largest absolute Gasteiger partial charge is 0.411 e. The lowest BCUT2D eigenvalue weighted by Crippen LogP contribution is -1.95. The van der Waals surface area contributed by atoms with Crippen LogP contribution in [0.1, 0.15) is 11.3 Å². The van der Waals surface area contributed by atoms with Crippen molar-refractivity contribution in [2.45, 2.75) is 17.9 Å². The van der Waals surface area contributed by atoms with Crippen LogP contribution >= 0.6 is 35.0 Å². The van der Waals surface area contributed by atoms with Gasteiger partial charge in [0.2, 0.25) is 5.89 Å². The van der Waals surface area contributed by atoms with Gasteiger partial charge < -0.3 is 4.42 Å². The van der Waals surface area contributed by atoms with Gasteiger partial charge >= 0.3 is 0 Å². The molecule has 0 saturated heterocycles. The van der Waals surface area contributed by atoms with E-state index in [2.05, 4.69) is 15.3 Å². The summed E-state index contributed by atoms with van der Waals surface area (Å²) in [7, 11) is 0. The van der Waals surface area contributed by atoms with E-state index >= 15 is 0 Å². The molecule has 0 fully saturated rings. The van der Waals surface area contributed by atoms with Crippen LogP contribution in [0.2, 0.25) is 10.2 Å². The van der Waals surface area contributed by atoms with Crippen LogP contribution < -0.4 is 0 Å². The van der Waals surface area contributed by atoms with Crippen molar-refractivity contribution in [3.8, 4) is 17.1 Å². The number of nitrogens with zero attached hydrogens (tertiary/aromatic N) is 4. The van der Waals surface area contributed by atoms with Gasteiger partial charge in [-0.1, -0.05) is 59.2 Å². The SMILES string of the molecule is Cc1nn(-c2ccccc2)c(Cl)c1CSc1nnc(-c2cccc(Cl)c2)o1. The molecule has 2 aromatic heterocycles. The molecule has 5 nitrogen and oxygen atoms in total. The molecule has 0 aliphatic rings. The van der Waals surface area contributed by atoms with E-state index in [0.717, 1.165) is 22.5 Å². The van der Waals surface area contributed by atoms with Crippen LogP contribution in [0.3, 0.4) is 0 Å². The van der Waals surface area contributed by atoms with Gasteiger partial charge in [-0.15, -0.1) is 10.2 Å². The maximum absolute atomic E-state index is 6.55. The molecule has 0 N–H and O–H groups in total. The first-order valence-electron chi connectivity index (χ1n) is 8.13. The lowest BCUT2D eigenvalue weighted by Gasteiger charge is -2.02. The smallest absolute Gasteiger partial charge is 0.277 e. The Kier molecular flexibility index (Phi) is 5.20. The van der Waals surface area contributed by atoms with Gasteiger partial charge in [-0.3, -0.25) is 0 Å². The van der Waals surface area contributed by atoms with Gasteiger partial charge in [0, 0.05) is 21.9 Å². The molecule has 0 bridgehead atoms. The molecule has 0 aliphatic carbocycles. The number of rotatable bonds is 5. The molecule has 8 heteroatoms. The van der Waals surface area contributed by atoms with E-state index in [9.17, 15) is 0 Å². The van der Waals surface area contributed by atoms with Gasteiger partial charge in [0.25, 0.3) is 5.22 Å². The molecule has 0 atom stereocenters. The molecule has 4 aromatic rings. The van der Waals surface area contributed by atoms with Crippen LogP contribution in [0, 0.1) is 6.92 Å². The fourth-order valence-electron chi connectivity index (χ4n) is 2.58. The molecule has 0 spiro atoms. The summed E-state index contributed by atoms with van der Waals surface area (Å²) in [6, 6.07) is 17.1. The third-order valence-corrected chi connectivity index (χ3v) is 5.41. The van der Waals surface area contributed by atoms with Crippen LogP contribution in [-0.4, -0.2) is 20.0 Å². The van der Waals surface area contributed by atoms with E-state index < -0.39 is 0 Å². The summed E-state index contributed by atoms with van der Waals surface area (Å²) < 4.78 is 7.46. The van der Waals surface area contributed by atoms with E-state index in [0.29, 0.717) is 27.0 Å². The van der Waals surface area contributed by atoms with Crippen LogP contribution in [-0.2, 0) is 5.75 Å². The predicted molar refractivity (Wildman–Crippen MR) is 108 cm³/mol. The monoisotopic (exact) mass is 416 g/mol. The average Bonchev–Trinajstić information content (AvgIpc) is 3.26. The van der Waals surface area contributed by atoms with Gasteiger partial charge in [-0.05, 0) is 37.3 Å². The molecule has 2 aromatic carbocycles. The topological polar surface area (TPSA) is 56.7 Å². The Bertz CT molecular complexity index is 1080. The summed E-state index contributed by atoms with van der Waals surface area (Å²) in [5, 5.41) is 14.4. The summed E-state index contributed by atoms with van der Waals surface area (Å²) in [6.45, 7) is 1.94. The highest BCUT2D eigenvalue weighted by Gasteiger charge is 2.17. The fourth-order valence-corrected chi connectivity index (χ4v) is 4.03. The Morgan fingerprint density at radius 1 is 1.04 bits per heavy atom. The van der Waals surface area contributed by atoms with Crippen molar-refractivity contribution in [3.63, 3.8) is 0 Å². The lowest BCUT2D eigenvalue weighted by atomic mass is 10.2. The third-order valence-electron chi connectivity index (χ3n) is 3.94. The first-order valence-corrected chi connectivity index (χ1v) is 9.87. The van der Waals surface area contributed by atoms with Crippen LogP contribution in [0.25, 0.3) is 17.1 Å². The summed E-state index contributed by atoms with van der Waals surface area (Å²) in [5.41, 5.74) is 3.51. The Morgan fingerprint density at radius 2 is 1.85 bits per heavy atom. The number of hydrogen-bond donors (Lipinski definition) is 0. The summed E-state index contributed by atoms with van der Waals surface area (Å²) >= 11 is 14.0. The number of aromatic nitrogens is 4. The third kappa shape index (κ3) is 3.88. The van der Waals surface area contributed by atoms with Crippen LogP contribution in [0.5, 0.6) is 0 Å². The number of halogens is 2. The van der Waals surface area contributed by atoms with E-state index in [-0.39, 0.29) is 0 Å². The highest BCUT2D eigenvalue weighted by molar-refractivity contribution is 7.98. The van der Waals surface area contributed by atoms with Crippen molar-refractivity contribution in [3.05, 3.63) is 76.0 Å². The zero-order valence-electron chi connectivity index (χ0n) is 14.3. The fraction of sp³-hybridized carbons (Fsp3) is 0.105. The maximum atomic E-state index is 6.55. The van der Waals surface area contributed by atoms with Crippen molar-refractivity contribution in [2.24, 2.45) is 0 Å². The van der Waals surface area contributed by atoms with Crippen molar-refractivity contribution in [2.75, 3.05) is 0 Å². The molecule has 27 heavy (non-hydrogen) atoms. The summed E-state index contributed by atoms with van der Waals surface area (Å²) in [4.78, 5) is 0. The maximum Gasteiger partial charge on any atom is 0.277 e. The van der Waals surface area contributed by atoms with Gasteiger partial charge in [-0.2, -0.15) is 5.10 Å². The van der Waals surface area contributed by atoms with Crippen molar-refractivity contribution in [1.82, 2.24) is 20.0 Å². The zero-order chi connectivity index (χ0) is 18.8. The van der Waals surface area contributed by atoms with E-state index in [1.807, 2.05) is 49.4 Å². The Morgan fingerprint density at radius 3 is 2.63 bits per heavy atom. The van der Waals surface area contributed by atoms with E-state index in [4.69, 9.17) is 27.6 Å². The molecule has 0 unspecified atom stereocenters. The first-order chi connectivity index (χ1) is 13.1. The summed E-state index contributed by atoms with van der Waals surface area (Å²) in [5.74, 6) is 1.01. The van der Waals surface area contributed by atoms with Gasteiger partial charge in [-0.25, -0.2) is 4.68 Å². The second-order valence-corrected chi connectivity index (χ2v) is 7.50. The van der Waals surface area contributed by atoms with Gasteiger partial charge in [0.05, 0.1) is 11.4 Å². The lowest BCUT2D eigenvalue weighted by molar-refractivity contribution is 0.466. The molecule has 0 radical (unpaired) electrons. The first kappa shape index (κ1) is 18.1. The summed E-state index contributed by atoms with van der Waals surface area (Å²) in [6.07, 6.45) is 0. The second kappa shape index (κ2) is 7.76. The van der Waals surface area contributed by atoms with Crippen molar-refractivity contribution < 1.29 is 4.42 Å². The number of para-hydroxylation sites is 1. The number of thioether (sulfide) groups is 1. The number of hydrogen-bond acceptors (Lipinski definition) is 5. The minimum Gasteiger partial charge on any atom is -0.411 e. The van der Waals surface area contributed by atoms with Gasteiger partial charge in [0.15, 0.2) is 0 Å².